The van der Waals surface area contributed by atoms with Crippen LogP contribution < -0.4 is 0 Å². The van der Waals surface area contributed by atoms with E-state index in [1.54, 1.807) is 0 Å². The predicted molar refractivity (Wildman–Crippen MR) is 49.2 cm³/mol. The highest BCUT2D eigenvalue weighted by atomic mass is 28.4. The number of rotatable bonds is 5. The minimum Gasteiger partial charge on any atom is -0.420 e. The SMILES string of the molecule is CC[Si](CC)(CCC(F)(F)F)OC. The second kappa shape index (κ2) is 5.00. The van der Waals surface area contributed by atoms with Crippen molar-refractivity contribution in [2.45, 2.75) is 44.6 Å². The van der Waals surface area contributed by atoms with E-state index in [0.29, 0.717) is 0 Å². The Bertz CT molecular complexity index is 135. The average molecular weight is 214 g/mol. The highest BCUT2D eigenvalue weighted by molar-refractivity contribution is 6.73. The third-order valence-electron chi connectivity index (χ3n) is 2.59. The van der Waals surface area contributed by atoms with E-state index in [4.69, 9.17) is 4.43 Å². The fourth-order valence-corrected chi connectivity index (χ4v) is 4.09. The summed E-state index contributed by atoms with van der Waals surface area (Å²) >= 11 is 0. The molecule has 80 valence electrons. The molecule has 0 saturated heterocycles. The number of hydrogen-bond donors (Lipinski definition) is 0. The van der Waals surface area contributed by atoms with E-state index in [9.17, 15) is 13.2 Å². The third kappa shape index (κ3) is 4.66. The summed E-state index contributed by atoms with van der Waals surface area (Å²) in [5.41, 5.74) is 0. The van der Waals surface area contributed by atoms with Crippen LogP contribution >= 0.6 is 0 Å². The first-order valence-electron chi connectivity index (χ1n) is 4.51. The summed E-state index contributed by atoms with van der Waals surface area (Å²) in [5.74, 6) is 0. The van der Waals surface area contributed by atoms with Gasteiger partial charge in [-0.3, -0.25) is 0 Å². The van der Waals surface area contributed by atoms with Gasteiger partial charge in [-0.25, -0.2) is 0 Å². The molecule has 13 heavy (non-hydrogen) atoms. The monoisotopic (exact) mass is 214 g/mol. The Morgan fingerprint density at radius 1 is 1.15 bits per heavy atom. The van der Waals surface area contributed by atoms with Gasteiger partial charge in [-0.05, 0) is 18.1 Å². The van der Waals surface area contributed by atoms with E-state index in [-0.39, 0.29) is 6.04 Å². The van der Waals surface area contributed by atoms with Crippen molar-refractivity contribution >= 4 is 8.32 Å². The van der Waals surface area contributed by atoms with Crippen LogP contribution in [0.15, 0.2) is 0 Å². The topological polar surface area (TPSA) is 9.23 Å². The molecule has 0 fully saturated rings. The van der Waals surface area contributed by atoms with Crippen molar-refractivity contribution in [3.05, 3.63) is 0 Å². The Balaban J connectivity index is 4.11. The van der Waals surface area contributed by atoms with Crippen molar-refractivity contribution in [2.24, 2.45) is 0 Å². The Labute approximate surface area is 78.4 Å². The van der Waals surface area contributed by atoms with Gasteiger partial charge in [-0.1, -0.05) is 13.8 Å². The van der Waals surface area contributed by atoms with Crippen molar-refractivity contribution < 1.29 is 17.6 Å². The van der Waals surface area contributed by atoms with E-state index < -0.39 is 20.9 Å². The van der Waals surface area contributed by atoms with Crippen LogP contribution in [0.4, 0.5) is 13.2 Å². The lowest BCUT2D eigenvalue weighted by Crippen LogP contribution is -2.36. The van der Waals surface area contributed by atoms with Crippen molar-refractivity contribution in [1.82, 2.24) is 0 Å². The molecule has 0 aliphatic rings. The molecule has 0 aromatic carbocycles. The third-order valence-corrected chi connectivity index (χ3v) is 7.19. The lowest BCUT2D eigenvalue weighted by molar-refractivity contribution is -0.131. The second-order valence-electron chi connectivity index (χ2n) is 3.21. The molecule has 0 N–H and O–H groups in total. The van der Waals surface area contributed by atoms with Gasteiger partial charge in [0, 0.05) is 13.5 Å². The molecule has 0 spiro atoms. The molecule has 0 amide bonds. The summed E-state index contributed by atoms with van der Waals surface area (Å²) in [4.78, 5) is 0. The molecule has 0 atom stereocenters. The maximum Gasteiger partial charge on any atom is 0.388 e. The van der Waals surface area contributed by atoms with Gasteiger partial charge in [0.2, 0.25) is 0 Å². The zero-order valence-corrected chi connectivity index (χ0v) is 9.37. The van der Waals surface area contributed by atoms with Crippen LogP contribution in [0.25, 0.3) is 0 Å². The van der Waals surface area contributed by atoms with Gasteiger partial charge in [0.05, 0.1) is 0 Å². The van der Waals surface area contributed by atoms with E-state index in [1.807, 2.05) is 13.8 Å². The van der Waals surface area contributed by atoms with Crippen LogP contribution in [0, 0.1) is 0 Å². The molecule has 0 heterocycles. The molecule has 1 nitrogen and oxygen atoms in total. The second-order valence-corrected chi connectivity index (χ2v) is 7.90. The van der Waals surface area contributed by atoms with Gasteiger partial charge in [0.15, 0.2) is 8.32 Å². The van der Waals surface area contributed by atoms with Gasteiger partial charge in [-0.2, -0.15) is 13.2 Å². The first-order valence-corrected chi connectivity index (χ1v) is 7.04. The maximum atomic E-state index is 12.0. The highest BCUT2D eigenvalue weighted by Crippen LogP contribution is 2.30. The fraction of sp³-hybridized carbons (Fsp3) is 1.00. The molecule has 0 bridgehead atoms. The van der Waals surface area contributed by atoms with E-state index in [0.717, 1.165) is 12.1 Å². The maximum absolute atomic E-state index is 12.0. The van der Waals surface area contributed by atoms with Gasteiger partial charge < -0.3 is 4.43 Å². The molecule has 0 aromatic heterocycles. The Morgan fingerprint density at radius 3 is 1.85 bits per heavy atom. The van der Waals surface area contributed by atoms with Crippen LogP contribution in [-0.4, -0.2) is 21.6 Å². The number of halogens is 3. The van der Waals surface area contributed by atoms with Crippen LogP contribution in [0.3, 0.4) is 0 Å². The molecule has 0 aliphatic carbocycles. The minimum absolute atomic E-state index is 0.194. The Morgan fingerprint density at radius 2 is 1.62 bits per heavy atom. The molecule has 0 saturated carbocycles. The molecule has 5 heteroatoms. The number of alkyl halides is 3. The van der Waals surface area contributed by atoms with Crippen molar-refractivity contribution in [1.29, 1.82) is 0 Å². The van der Waals surface area contributed by atoms with Crippen molar-refractivity contribution in [3.8, 4) is 0 Å². The van der Waals surface area contributed by atoms with E-state index in [2.05, 4.69) is 0 Å². The summed E-state index contributed by atoms with van der Waals surface area (Å²) in [5, 5.41) is 0. The van der Waals surface area contributed by atoms with Gasteiger partial charge in [0.25, 0.3) is 0 Å². The quantitative estimate of drug-likeness (QED) is 0.636. The zero-order chi connectivity index (χ0) is 10.5. The van der Waals surface area contributed by atoms with E-state index >= 15 is 0 Å². The molecule has 0 rings (SSSR count). The van der Waals surface area contributed by atoms with Crippen LogP contribution in [0.2, 0.25) is 18.1 Å². The van der Waals surface area contributed by atoms with E-state index in [1.165, 1.54) is 7.11 Å². The number of hydrogen-bond acceptors (Lipinski definition) is 1. The lowest BCUT2D eigenvalue weighted by atomic mass is 10.5. The first kappa shape index (κ1) is 13.0. The lowest BCUT2D eigenvalue weighted by Gasteiger charge is -2.27. The predicted octanol–water partition coefficient (Wildman–Crippen LogP) is 3.57. The minimum atomic E-state index is -4.04. The molecular formula is C8H17F3OSi. The summed E-state index contributed by atoms with van der Waals surface area (Å²) in [6.07, 6.45) is -4.74. The molecule has 0 aromatic rings. The summed E-state index contributed by atoms with van der Waals surface area (Å²) in [7, 11) is -0.510. The van der Waals surface area contributed by atoms with Gasteiger partial charge >= 0.3 is 6.18 Å². The molecule has 0 unspecified atom stereocenters. The average Bonchev–Trinajstić information content (AvgIpc) is 2.06. The summed E-state index contributed by atoms with van der Waals surface area (Å²) in [6, 6.07) is 1.71. The normalized spacial score (nSPS) is 13.4. The Kier molecular flexibility index (Phi) is 4.99. The van der Waals surface area contributed by atoms with Gasteiger partial charge in [0.1, 0.15) is 0 Å². The van der Waals surface area contributed by atoms with Crippen LogP contribution in [-0.2, 0) is 4.43 Å². The van der Waals surface area contributed by atoms with Crippen molar-refractivity contribution in [3.63, 3.8) is 0 Å². The molecule has 0 aliphatic heterocycles. The molecule has 0 radical (unpaired) electrons. The standard InChI is InChI=1S/C8H17F3OSi/c1-4-13(5-2,12-3)7-6-8(9,10)11/h4-7H2,1-3H3. The van der Waals surface area contributed by atoms with Crippen LogP contribution in [0.5, 0.6) is 0 Å². The van der Waals surface area contributed by atoms with Crippen molar-refractivity contribution in [2.75, 3.05) is 7.11 Å². The highest BCUT2D eigenvalue weighted by Gasteiger charge is 2.36. The van der Waals surface area contributed by atoms with Crippen LogP contribution in [0.1, 0.15) is 20.3 Å². The smallest absolute Gasteiger partial charge is 0.388 e. The first-order chi connectivity index (χ1) is 5.89. The largest absolute Gasteiger partial charge is 0.420 e. The zero-order valence-electron chi connectivity index (χ0n) is 8.37. The molecular weight excluding hydrogens is 197 g/mol. The Hall–Kier alpha value is -0.0331. The summed E-state index contributed by atoms with van der Waals surface area (Å²) in [6.45, 7) is 3.82. The summed E-state index contributed by atoms with van der Waals surface area (Å²) < 4.78 is 41.2. The fourth-order valence-electron chi connectivity index (χ4n) is 1.36. The van der Waals surface area contributed by atoms with Gasteiger partial charge in [-0.15, -0.1) is 0 Å².